The van der Waals surface area contributed by atoms with E-state index in [0.717, 1.165) is 66.1 Å². The molecule has 2 N–H and O–H groups in total. The molecule has 1 spiro atoms. The standard InChI is InChI=1S/C20H23ClN6OS/c1-13-19(29-15-2-6-24-17(22)16(15)21)27-12-23-10-14(27)18(25-13)26-7-3-20(4-8-26)5-9-28-11-20/h2,6,10,12H,3-5,7-9,11H2,1H3,(H2,22,24). The van der Waals surface area contributed by atoms with Gasteiger partial charge in [0.15, 0.2) is 5.82 Å². The van der Waals surface area contributed by atoms with Gasteiger partial charge >= 0.3 is 0 Å². The van der Waals surface area contributed by atoms with Crippen LogP contribution in [0.4, 0.5) is 11.6 Å². The zero-order valence-corrected chi connectivity index (χ0v) is 17.8. The Bertz CT molecular complexity index is 1050. The summed E-state index contributed by atoms with van der Waals surface area (Å²) in [5.41, 5.74) is 8.19. The third kappa shape index (κ3) is 3.33. The van der Waals surface area contributed by atoms with Crippen molar-refractivity contribution in [3.63, 3.8) is 0 Å². The fraction of sp³-hybridized carbons (Fsp3) is 0.450. The van der Waals surface area contributed by atoms with Crippen molar-refractivity contribution in [1.29, 1.82) is 0 Å². The van der Waals surface area contributed by atoms with Gasteiger partial charge in [0.25, 0.3) is 0 Å². The lowest BCUT2D eigenvalue weighted by molar-refractivity contribution is 0.133. The average molecular weight is 431 g/mol. The molecule has 29 heavy (non-hydrogen) atoms. The number of ether oxygens (including phenoxy) is 1. The van der Waals surface area contributed by atoms with Crippen molar-refractivity contribution in [3.05, 3.63) is 35.5 Å². The Labute approximate surface area is 178 Å². The van der Waals surface area contributed by atoms with E-state index in [-0.39, 0.29) is 0 Å². The van der Waals surface area contributed by atoms with Gasteiger partial charge in [-0.2, -0.15) is 0 Å². The van der Waals surface area contributed by atoms with Gasteiger partial charge in [0.05, 0.1) is 23.5 Å². The normalized spacial score (nSPS) is 18.8. The van der Waals surface area contributed by atoms with Gasteiger partial charge in [-0.25, -0.2) is 15.0 Å². The zero-order chi connectivity index (χ0) is 20.0. The van der Waals surface area contributed by atoms with Gasteiger partial charge in [-0.15, -0.1) is 0 Å². The predicted octanol–water partition coefficient (Wildman–Crippen LogP) is 3.83. The fourth-order valence-electron chi connectivity index (χ4n) is 4.28. The maximum atomic E-state index is 6.36. The molecule has 0 radical (unpaired) electrons. The second kappa shape index (κ2) is 7.34. The number of imidazole rings is 1. The Balaban J connectivity index is 1.48. The summed E-state index contributed by atoms with van der Waals surface area (Å²) in [5.74, 6) is 1.33. The smallest absolute Gasteiger partial charge is 0.154 e. The minimum atomic E-state index is 0.332. The summed E-state index contributed by atoms with van der Waals surface area (Å²) < 4.78 is 7.77. The first-order valence-electron chi connectivity index (χ1n) is 9.80. The van der Waals surface area contributed by atoms with Crippen molar-refractivity contribution >= 4 is 40.5 Å². The molecule has 0 aromatic carbocycles. The van der Waals surface area contributed by atoms with Crippen molar-refractivity contribution < 1.29 is 4.74 Å². The summed E-state index contributed by atoms with van der Waals surface area (Å²) in [7, 11) is 0. The molecule has 9 heteroatoms. The lowest BCUT2D eigenvalue weighted by atomic mass is 9.78. The van der Waals surface area contributed by atoms with Crippen molar-refractivity contribution in [1.82, 2.24) is 19.4 Å². The SMILES string of the molecule is Cc1nc(N2CCC3(CCOC3)CC2)c2cncn2c1Sc1ccnc(N)c1Cl. The van der Waals surface area contributed by atoms with Gasteiger partial charge in [0.2, 0.25) is 0 Å². The molecule has 152 valence electrons. The molecule has 2 saturated heterocycles. The molecule has 0 saturated carbocycles. The number of hydrogen-bond donors (Lipinski definition) is 1. The first kappa shape index (κ1) is 19.0. The summed E-state index contributed by atoms with van der Waals surface area (Å²) in [6.07, 6.45) is 8.87. The summed E-state index contributed by atoms with van der Waals surface area (Å²) in [6.45, 7) is 5.82. The molecule has 2 aliphatic heterocycles. The first-order chi connectivity index (χ1) is 14.1. The van der Waals surface area contributed by atoms with Crippen molar-refractivity contribution in [2.24, 2.45) is 5.41 Å². The van der Waals surface area contributed by atoms with E-state index in [0.29, 0.717) is 16.3 Å². The number of aromatic nitrogens is 4. The highest BCUT2D eigenvalue weighted by atomic mass is 35.5. The lowest BCUT2D eigenvalue weighted by Crippen LogP contribution is -2.41. The molecular formula is C20H23ClN6OS. The van der Waals surface area contributed by atoms with Crippen LogP contribution >= 0.6 is 23.4 Å². The minimum Gasteiger partial charge on any atom is -0.382 e. The average Bonchev–Trinajstić information content (AvgIpc) is 3.38. The Kier molecular flexibility index (Phi) is 4.80. The Hall–Kier alpha value is -2.03. The van der Waals surface area contributed by atoms with Crippen LogP contribution in [0.1, 0.15) is 25.0 Å². The molecule has 0 amide bonds. The third-order valence-corrected chi connectivity index (χ3v) is 7.82. The Morgan fingerprint density at radius 3 is 2.86 bits per heavy atom. The van der Waals surface area contributed by atoms with Crippen LogP contribution in [0.3, 0.4) is 0 Å². The summed E-state index contributed by atoms with van der Waals surface area (Å²) in [6, 6.07) is 1.87. The van der Waals surface area contributed by atoms with Crippen LogP contribution in [-0.2, 0) is 4.74 Å². The second-order valence-corrected chi connectivity index (χ2v) is 9.28. The molecule has 0 atom stereocenters. The predicted molar refractivity (Wildman–Crippen MR) is 115 cm³/mol. The van der Waals surface area contributed by atoms with Crippen molar-refractivity contribution in [2.45, 2.75) is 36.1 Å². The highest BCUT2D eigenvalue weighted by Crippen LogP contribution is 2.42. The van der Waals surface area contributed by atoms with Gasteiger partial charge in [0, 0.05) is 30.8 Å². The van der Waals surface area contributed by atoms with E-state index in [1.54, 1.807) is 6.20 Å². The van der Waals surface area contributed by atoms with Crippen LogP contribution < -0.4 is 10.6 Å². The van der Waals surface area contributed by atoms with E-state index < -0.39 is 0 Å². The van der Waals surface area contributed by atoms with Crippen LogP contribution in [0.15, 0.2) is 34.7 Å². The number of piperidine rings is 1. The number of anilines is 2. The van der Waals surface area contributed by atoms with Gasteiger partial charge in [-0.3, -0.25) is 4.40 Å². The van der Waals surface area contributed by atoms with Crippen molar-refractivity contribution in [2.75, 3.05) is 36.9 Å². The minimum absolute atomic E-state index is 0.332. The van der Waals surface area contributed by atoms with Gasteiger partial charge in [-0.1, -0.05) is 23.4 Å². The van der Waals surface area contributed by atoms with Gasteiger partial charge in [0.1, 0.15) is 22.7 Å². The first-order valence-corrected chi connectivity index (χ1v) is 11.0. The maximum absolute atomic E-state index is 6.36. The monoisotopic (exact) mass is 430 g/mol. The molecule has 2 aliphatic rings. The highest BCUT2D eigenvalue weighted by molar-refractivity contribution is 7.99. The molecule has 2 fully saturated rings. The molecule has 0 unspecified atom stereocenters. The van der Waals surface area contributed by atoms with Crippen LogP contribution in [0.25, 0.3) is 5.52 Å². The molecular weight excluding hydrogens is 408 g/mol. The fourth-order valence-corrected chi connectivity index (χ4v) is 5.47. The number of rotatable bonds is 3. The van der Waals surface area contributed by atoms with Crippen LogP contribution in [0, 0.1) is 12.3 Å². The van der Waals surface area contributed by atoms with E-state index >= 15 is 0 Å². The molecule has 7 nitrogen and oxygen atoms in total. The van der Waals surface area contributed by atoms with Crippen LogP contribution in [0.5, 0.6) is 0 Å². The third-order valence-electron chi connectivity index (χ3n) is 6.07. The molecule has 5 heterocycles. The topological polar surface area (TPSA) is 81.6 Å². The number of nitrogens with two attached hydrogens (primary N) is 1. The molecule has 3 aromatic rings. The number of nitrogens with zero attached hydrogens (tertiary/aromatic N) is 5. The molecule has 3 aromatic heterocycles. The van der Waals surface area contributed by atoms with Gasteiger partial charge < -0.3 is 15.4 Å². The van der Waals surface area contributed by atoms with Gasteiger partial charge in [-0.05, 0) is 37.7 Å². The maximum Gasteiger partial charge on any atom is 0.154 e. The largest absolute Gasteiger partial charge is 0.382 e. The Morgan fingerprint density at radius 2 is 2.10 bits per heavy atom. The summed E-state index contributed by atoms with van der Waals surface area (Å²) in [4.78, 5) is 16.7. The second-order valence-electron chi connectivity index (χ2n) is 7.87. The molecule has 0 aliphatic carbocycles. The summed E-state index contributed by atoms with van der Waals surface area (Å²) >= 11 is 7.89. The van der Waals surface area contributed by atoms with E-state index in [1.807, 2.05) is 25.5 Å². The van der Waals surface area contributed by atoms with E-state index in [2.05, 4.69) is 19.3 Å². The van der Waals surface area contributed by atoms with Crippen LogP contribution in [0.2, 0.25) is 5.02 Å². The van der Waals surface area contributed by atoms with E-state index in [9.17, 15) is 0 Å². The lowest BCUT2D eigenvalue weighted by Gasteiger charge is -2.39. The summed E-state index contributed by atoms with van der Waals surface area (Å²) in [5, 5.41) is 1.45. The quantitative estimate of drug-likeness (QED) is 0.676. The number of hydrogen-bond acceptors (Lipinski definition) is 7. The van der Waals surface area contributed by atoms with Crippen LogP contribution in [-0.4, -0.2) is 45.7 Å². The van der Waals surface area contributed by atoms with Crippen molar-refractivity contribution in [3.8, 4) is 0 Å². The molecule has 0 bridgehead atoms. The number of aryl methyl sites for hydroxylation is 1. The number of fused-ring (bicyclic) bond motifs is 1. The van der Waals surface area contributed by atoms with E-state index in [4.69, 9.17) is 27.1 Å². The molecule has 5 rings (SSSR count). The number of nitrogen functional groups attached to an aromatic ring is 1. The zero-order valence-electron chi connectivity index (χ0n) is 16.3. The highest BCUT2D eigenvalue weighted by Gasteiger charge is 2.38. The number of halogens is 1. The van der Waals surface area contributed by atoms with E-state index in [1.165, 1.54) is 18.2 Å². The Morgan fingerprint density at radius 1 is 1.28 bits per heavy atom. The number of pyridine rings is 1.